The number of nitrogens with one attached hydrogen (secondary N) is 10. The van der Waals surface area contributed by atoms with Crippen molar-refractivity contribution in [1.82, 2.24) is 53.2 Å². The molecule has 1 heterocycles. The molecule has 0 saturated carbocycles. The van der Waals surface area contributed by atoms with Crippen LogP contribution in [-0.2, 0) is 73.5 Å². The highest BCUT2D eigenvalue weighted by Gasteiger charge is 2.37. The second-order valence-corrected chi connectivity index (χ2v) is 23.3. The molecule has 1 fully saturated rings. The molecular weight excluding hydrogens is 1180 g/mol. The number of rotatable bonds is 31. The summed E-state index contributed by atoms with van der Waals surface area (Å²) in [6, 6.07) is -8.93. The van der Waals surface area contributed by atoms with Gasteiger partial charge in [-0.1, -0.05) is 47.6 Å². The fourth-order valence-electron chi connectivity index (χ4n) is 8.13. The molecule has 33 nitrogen and oxygen atoms in total. The zero-order chi connectivity index (χ0) is 65.5. The van der Waals surface area contributed by atoms with Gasteiger partial charge < -0.3 is 103 Å². The first kappa shape index (κ1) is 75.4. The number of phenolic OH excluding ortho intramolecular Hbond substituents is 1. The number of Topliss-reactive ketones (excluding diaryl/α,β-unsaturated/α-hetero) is 1. The van der Waals surface area contributed by atoms with E-state index in [1.165, 1.54) is 38.1 Å². The fraction of sp³-hybridized carbons (Fsp3) is 0.615. The van der Waals surface area contributed by atoms with Crippen LogP contribution in [0.1, 0.15) is 97.0 Å². The highest BCUT2D eigenvalue weighted by atomic mass is 33.1. The molecule has 0 aliphatic carbocycles. The van der Waals surface area contributed by atoms with Crippen molar-refractivity contribution >= 4 is 104 Å². The minimum absolute atomic E-state index is 0.0803. The third kappa shape index (κ3) is 28.6. The number of amides is 12. The molecular formula is C52H84N16O17S2. The van der Waals surface area contributed by atoms with Crippen LogP contribution in [0.25, 0.3) is 0 Å². The summed E-state index contributed by atoms with van der Waals surface area (Å²) >= 11 is 0. The largest absolute Gasteiger partial charge is 0.508 e. The van der Waals surface area contributed by atoms with E-state index in [0.29, 0.717) is 12.0 Å². The molecule has 35 heteroatoms. The highest BCUT2D eigenvalue weighted by molar-refractivity contribution is 8.77. The molecule has 12 amide bonds. The van der Waals surface area contributed by atoms with Gasteiger partial charge in [-0.05, 0) is 82.0 Å². The average molecular weight is 1270 g/mol. The smallest absolute Gasteiger partial charge is 0.326 e. The number of carboxylic acids is 1. The van der Waals surface area contributed by atoms with Crippen LogP contribution >= 0.6 is 21.6 Å². The Bertz CT molecular complexity index is 2570. The molecule has 1 aromatic carbocycles. The van der Waals surface area contributed by atoms with Crippen molar-refractivity contribution < 1.29 is 82.4 Å². The summed E-state index contributed by atoms with van der Waals surface area (Å²) in [7, 11) is 1.71. The molecule has 0 bridgehead atoms. The maximum Gasteiger partial charge on any atom is 0.326 e. The first-order valence-corrected chi connectivity index (χ1v) is 30.3. The van der Waals surface area contributed by atoms with Crippen molar-refractivity contribution in [3.63, 3.8) is 0 Å². The third-order valence-electron chi connectivity index (χ3n) is 13.1. The first-order valence-electron chi connectivity index (χ1n) is 27.9. The van der Waals surface area contributed by atoms with Crippen molar-refractivity contribution in [2.24, 2.45) is 40.3 Å². The fourth-order valence-corrected chi connectivity index (χ4v) is 10.3. The Labute approximate surface area is 509 Å². The number of hydrogen-bond acceptors (Lipinski definition) is 22. The van der Waals surface area contributed by atoms with Gasteiger partial charge in [0.05, 0.1) is 25.0 Å². The van der Waals surface area contributed by atoms with Crippen LogP contribution in [0.3, 0.4) is 0 Å². The quantitative estimate of drug-likeness (QED) is 0.0142. The molecule has 11 atom stereocenters. The first-order chi connectivity index (χ1) is 41.0. The van der Waals surface area contributed by atoms with Crippen LogP contribution in [0.2, 0.25) is 0 Å². The zero-order valence-electron chi connectivity index (χ0n) is 48.6. The van der Waals surface area contributed by atoms with Gasteiger partial charge in [0.2, 0.25) is 70.9 Å². The number of carbonyl (C=O) groups is 14. The van der Waals surface area contributed by atoms with Gasteiger partial charge in [-0.15, -0.1) is 0 Å². The van der Waals surface area contributed by atoms with Gasteiger partial charge in [0.1, 0.15) is 59.5 Å². The van der Waals surface area contributed by atoms with Gasteiger partial charge in [0, 0.05) is 44.6 Å². The number of phenols is 1. The number of aliphatic hydroxyl groups is 1. The van der Waals surface area contributed by atoms with Crippen LogP contribution in [0.15, 0.2) is 24.3 Å². The van der Waals surface area contributed by atoms with E-state index in [1.807, 2.05) is 0 Å². The second-order valence-electron chi connectivity index (χ2n) is 20.7. The van der Waals surface area contributed by atoms with Crippen LogP contribution in [0, 0.1) is 5.92 Å². The van der Waals surface area contributed by atoms with Crippen molar-refractivity contribution in [3.05, 3.63) is 29.8 Å². The minimum atomic E-state index is -1.84. The zero-order valence-corrected chi connectivity index (χ0v) is 50.2. The van der Waals surface area contributed by atoms with E-state index in [9.17, 15) is 82.4 Å². The van der Waals surface area contributed by atoms with Gasteiger partial charge in [-0.25, -0.2) is 4.79 Å². The van der Waals surface area contributed by atoms with Crippen LogP contribution in [0.4, 0.5) is 0 Å². The molecule has 4 unspecified atom stereocenters. The number of aliphatic hydroxyl groups excluding tert-OH is 1. The molecule has 1 aliphatic rings. The van der Waals surface area contributed by atoms with Crippen molar-refractivity contribution in [2.75, 3.05) is 31.9 Å². The summed E-state index contributed by atoms with van der Waals surface area (Å²) in [6.07, 6.45) is -3.89. The minimum Gasteiger partial charge on any atom is -0.508 e. The summed E-state index contributed by atoms with van der Waals surface area (Å²) in [5.74, 6) is -14.5. The summed E-state index contributed by atoms with van der Waals surface area (Å²) in [4.78, 5) is 185. The SMILES string of the molecule is CC(C)[C@H](NC(=O)[C@@H]1CCC(=O)NCCC(=O)NCCCCC(NC(=O)C(CCCCN)NC(=O)[C@H](Cc2ccc(O)cc2)NC(=O)[C@H](CC(N)=O)NC(=O)[C@H](CN)NC(=O)C(N)CSS[C@H](N)C(=O)CC(N)=O)C(=O)NC([C@@H](C)O)C(=O)N1)C(=O)O. The number of benzene rings is 1. The molecule has 25 N–H and O–H groups in total. The van der Waals surface area contributed by atoms with Crippen molar-refractivity contribution in [2.45, 2.75) is 164 Å². The van der Waals surface area contributed by atoms with Crippen LogP contribution in [-0.4, -0.2) is 196 Å². The maximum absolute atomic E-state index is 14.5. The predicted octanol–water partition coefficient (Wildman–Crippen LogP) is -7.08. The number of nitrogens with two attached hydrogens (primary N) is 6. The Hall–Kier alpha value is -7.70. The number of carbonyl (C=O) groups excluding carboxylic acids is 13. The van der Waals surface area contributed by atoms with E-state index in [2.05, 4.69) is 53.2 Å². The number of carboxylic acid groups (broad SMARTS) is 1. The van der Waals surface area contributed by atoms with E-state index in [4.69, 9.17) is 34.4 Å². The standard InChI is InChI=1S/C52H84N16O17S2/c1-25(2)41(52(84)85)67-47(79)32-14-15-39(74)60-19-16-40(75)59-18-7-5-9-31(46(78)68-42(26(3)69)51(83)63-32)61-45(77)30(8-4-6-17-53)62-48(80)33(20-27-10-12-28(70)13-11-27)64-49(81)34(21-37(56)72)65-50(82)35(23-54)66-44(76)29(55)24-86-87-43(58)36(71)22-38(57)73/h10-13,25-26,29-35,41-43,69-70H,4-9,14-24,53-55,58H2,1-3H3,(H2,56,72)(H2,57,73)(H,59,75)(H,60,74)(H,61,77)(H,62,80)(H,63,83)(H,64,81)(H,65,82)(H,66,76)(H,67,79)(H,68,78)(H,84,85)/t26-,29?,30?,31?,32+,33+,34+,35+,41+,42?,43+/m1/s1. The molecule has 486 valence electrons. The normalized spacial score (nSPS) is 19.2. The number of unbranched alkanes of at least 4 members (excludes halogenated alkanes) is 1. The lowest BCUT2D eigenvalue weighted by Crippen LogP contribution is -2.62. The Morgan fingerprint density at radius 3 is 1.89 bits per heavy atom. The van der Waals surface area contributed by atoms with E-state index < -0.39 is 187 Å². The number of aliphatic carboxylic acids is 1. The second kappa shape index (κ2) is 39.2. The summed E-state index contributed by atoms with van der Waals surface area (Å²) in [6.45, 7) is 3.72. The van der Waals surface area contributed by atoms with E-state index in [-0.39, 0.29) is 76.1 Å². The Balaban J connectivity index is 2.52. The Morgan fingerprint density at radius 1 is 0.690 bits per heavy atom. The van der Waals surface area contributed by atoms with E-state index in [1.54, 1.807) is 0 Å². The lowest BCUT2D eigenvalue weighted by atomic mass is 10.0. The van der Waals surface area contributed by atoms with Crippen LogP contribution < -0.4 is 87.6 Å². The van der Waals surface area contributed by atoms with Gasteiger partial charge in [-0.3, -0.25) is 62.3 Å². The number of hydrogen-bond donors (Lipinski definition) is 19. The van der Waals surface area contributed by atoms with E-state index in [0.717, 1.165) is 28.5 Å². The maximum atomic E-state index is 14.5. The number of ketones is 1. The molecule has 2 rings (SSSR count). The summed E-state index contributed by atoms with van der Waals surface area (Å²) in [5, 5.41) is 54.0. The van der Waals surface area contributed by atoms with Gasteiger partial charge in [-0.2, -0.15) is 0 Å². The molecule has 1 saturated heterocycles. The molecule has 0 radical (unpaired) electrons. The molecule has 0 spiro atoms. The van der Waals surface area contributed by atoms with Crippen molar-refractivity contribution in [3.8, 4) is 5.75 Å². The van der Waals surface area contributed by atoms with Gasteiger partial charge >= 0.3 is 5.97 Å². The third-order valence-corrected chi connectivity index (χ3v) is 15.6. The van der Waals surface area contributed by atoms with Gasteiger partial charge in [0.25, 0.3) is 0 Å². The monoisotopic (exact) mass is 1270 g/mol. The summed E-state index contributed by atoms with van der Waals surface area (Å²) in [5.41, 5.74) is 34.2. The highest BCUT2D eigenvalue weighted by Crippen LogP contribution is 2.26. The van der Waals surface area contributed by atoms with Gasteiger partial charge in [0.15, 0.2) is 5.78 Å². The lowest BCUT2D eigenvalue weighted by Gasteiger charge is -2.29. The van der Waals surface area contributed by atoms with Crippen LogP contribution in [0.5, 0.6) is 5.75 Å². The lowest BCUT2D eigenvalue weighted by molar-refractivity contribution is -0.144. The van der Waals surface area contributed by atoms with E-state index >= 15 is 0 Å². The van der Waals surface area contributed by atoms with Crippen molar-refractivity contribution in [1.29, 1.82) is 0 Å². The molecule has 87 heavy (non-hydrogen) atoms. The molecule has 1 aliphatic heterocycles. The predicted molar refractivity (Wildman–Crippen MR) is 316 cm³/mol. The number of primary amides is 2. The average Bonchev–Trinajstić information content (AvgIpc) is 3.08. The summed E-state index contributed by atoms with van der Waals surface area (Å²) < 4.78 is 0. The molecule has 1 aromatic rings. The Kier molecular flexibility index (Phi) is 33.9. The Morgan fingerprint density at radius 2 is 1.29 bits per heavy atom. The topological polar surface area (TPSA) is 576 Å². The molecule has 0 aromatic heterocycles. The number of aromatic hydroxyl groups is 1.